The fourth-order valence-electron chi connectivity index (χ4n) is 5.38. The number of hydrogen-bond donors (Lipinski definition) is 1. The SMILES string of the molecule is Oc1c(Cc2ccccc2)cc(Cc2ccccc2)cc1Pc1ccccc1CN(c1ccccc1)c1ccccc1. The Bertz CT molecular complexity index is 1680. The zero-order valence-corrected chi connectivity index (χ0v) is 24.5. The predicted molar refractivity (Wildman–Crippen MR) is 179 cm³/mol. The number of benzene rings is 6. The van der Waals surface area contributed by atoms with Gasteiger partial charge in [-0.3, -0.25) is 0 Å². The maximum absolute atomic E-state index is 11.6. The Morgan fingerprint density at radius 3 is 1.55 bits per heavy atom. The quantitative estimate of drug-likeness (QED) is 0.169. The van der Waals surface area contributed by atoms with Crippen molar-refractivity contribution in [1.82, 2.24) is 0 Å². The largest absolute Gasteiger partial charge is 0.507 e. The first kappa shape index (κ1) is 27.5. The van der Waals surface area contributed by atoms with Gasteiger partial charge in [0.25, 0.3) is 0 Å². The van der Waals surface area contributed by atoms with Crippen molar-refractivity contribution in [3.05, 3.63) is 186 Å². The van der Waals surface area contributed by atoms with Crippen LogP contribution in [0.4, 0.5) is 11.4 Å². The van der Waals surface area contributed by atoms with E-state index in [1.54, 1.807) is 0 Å². The molecule has 0 aliphatic heterocycles. The van der Waals surface area contributed by atoms with Gasteiger partial charge in [-0.15, -0.1) is 0 Å². The van der Waals surface area contributed by atoms with Crippen molar-refractivity contribution in [1.29, 1.82) is 0 Å². The maximum atomic E-state index is 11.6. The van der Waals surface area contributed by atoms with E-state index in [0.29, 0.717) is 20.8 Å². The molecule has 0 bridgehead atoms. The number of rotatable bonds is 10. The van der Waals surface area contributed by atoms with Crippen molar-refractivity contribution in [3.63, 3.8) is 0 Å². The van der Waals surface area contributed by atoms with Gasteiger partial charge in [-0.2, -0.15) is 0 Å². The van der Waals surface area contributed by atoms with Crippen molar-refractivity contribution in [2.24, 2.45) is 0 Å². The first-order chi connectivity index (χ1) is 20.7. The van der Waals surface area contributed by atoms with Crippen LogP contribution < -0.4 is 15.5 Å². The summed E-state index contributed by atoms with van der Waals surface area (Å²) in [5.41, 5.74) is 8.22. The number of anilines is 2. The van der Waals surface area contributed by atoms with Gasteiger partial charge in [-0.1, -0.05) is 136 Å². The molecule has 0 heterocycles. The Labute approximate surface area is 250 Å². The average molecular weight is 564 g/mol. The number of para-hydroxylation sites is 2. The molecule has 0 aliphatic carbocycles. The molecule has 1 unspecified atom stereocenters. The first-order valence-corrected chi connectivity index (χ1v) is 15.4. The summed E-state index contributed by atoms with van der Waals surface area (Å²) in [7, 11) is 0.327. The molecule has 206 valence electrons. The number of phenols is 1. The minimum absolute atomic E-state index is 0.327. The second-order valence-corrected chi connectivity index (χ2v) is 11.8. The smallest absolute Gasteiger partial charge is 0.126 e. The standard InChI is InChI=1S/C39H34NOP/c41-39-34(26-31-17-7-2-8-18-31)27-32(25-30-15-5-1-6-16-30)28-38(39)42-37-24-14-13-19-33(37)29-40(35-20-9-3-10-21-35)36-22-11-4-12-23-36/h1-24,27-28,41-42H,25-26,29H2. The molecule has 0 fully saturated rings. The lowest BCUT2D eigenvalue weighted by Gasteiger charge is -2.26. The zero-order valence-electron chi connectivity index (χ0n) is 23.5. The van der Waals surface area contributed by atoms with Crippen LogP contribution in [0.2, 0.25) is 0 Å². The van der Waals surface area contributed by atoms with Gasteiger partial charge in [0, 0.05) is 29.6 Å². The van der Waals surface area contributed by atoms with Crippen LogP contribution in [-0.4, -0.2) is 5.11 Å². The van der Waals surface area contributed by atoms with Crippen LogP contribution in [-0.2, 0) is 19.4 Å². The van der Waals surface area contributed by atoms with Gasteiger partial charge in [-0.25, -0.2) is 0 Å². The summed E-state index contributed by atoms with van der Waals surface area (Å²) in [6.45, 7) is 0.735. The van der Waals surface area contributed by atoms with Gasteiger partial charge < -0.3 is 10.0 Å². The molecule has 0 saturated heterocycles. The molecule has 0 spiro atoms. The van der Waals surface area contributed by atoms with E-state index in [0.717, 1.165) is 35.2 Å². The van der Waals surface area contributed by atoms with Crippen molar-refractivity contribution in [2.75, 3.05) is 4.90 Å². The van der Waals surface area contributed by atoms with Crippen molar-refractivity contribution >= 4 is 30.6 Å². The lowest BCUT2D eigenvalue weighted by molar-refractivity contribution is 0.474. The van der Waals surface area contributed by atoms with Crippen molar-refractivity contribution < 1.29 is 5.11 Å². The summed E-state index contributed by atoms with van der Waals surface area (Å²) >= 11 is 0. The Kier molecular flexibility index (Phi) is 8.74. The molecule has 1 N–H and O–H groups in total. The van der Waals surface area contributed by atoms with E-state index in [1.165, 1.54) is 27.6 Å². The molecule has 0 amide bonds. The third kappa shape index (κ3) is 6.79. The Hall–Kier alpha value is -4.65. The van der Waals surface area contributed by atoms with Crippen LogP contribution in [0.25, 0.3) is 0 Å². The Balaban J connectivity index is 1.36. The first-order valence-electron chi connectivity index (χ1n) is 14.4. The van der Waals surface area contributed by atoms with Gasteiger partial charge in [-0.05, 0) is 69.9 Å². The van der Waals surface area contributed by atoms with E-state index in [2.05, 4.69) is 157 Å². The number of phenolic OH excluding ortho intramolecular Hbond substituents is 1. The summed E-state index contributed by atoms with van der Waals surface area (Å²) in [5, 5.41) is 13.9. The lowest BCUT2D eigenvalue weighted by atomic mass is 9.98. The van der Waals surface area contributed by atoms with Crippen molar-refractivity contribution in [3.8, 4) is 5.75 Å². The third-order valence-electron chi connectivity index (χ3n) is 7.49. The fourth-order valence-corrected chi connectivity index (χ4v) is 6.71. The molecule has 6 rings (SSSR count). The molecule has 2 nitrogen and oxygen atoms in total. The number of aromatic hydroxyl groups is 1. The fraction of sp³-hybridized carbons (Fsp3) is 0.0769. The van der Waals surface area contributed by atoms with Crippen LogP contribution >= 0.6 is 8.58 Å². The molecule has 42 heavy (non-hydrogen) atoms. The normalized spacial score (nSPS) is 11.1. The summed E-state index contributed by atoms with van der Waals surface area (Å²) in [5.74, 6) is 0.409. The summed E-state index contributed by atoms with van der Waals surface area (Å²) in [4.78, 5) is 2.36. The zero-order chi connectivity index (χ0) is 28.6. The van der Waals surface area contributed by atoms with E-state index in [9.17, 15) is 5.11 Å². The summed E-state index contributed by atoms with van der Waals surface area (Å²) < 4.78 is 0. The molecule has 0 radical (unpaired) electrons. The number of hydrogen-bond acceptors (Lipinski definition) is 2. The van der Waals surface area contributed by atoms with Crippen LogP contribution in [0.15, 0.2) is 158 Å². The minimum Gasteiger partial charge on any atom is -0.507 e. The maximum Gasteiger partial charge on any atom is 0.126 e. The van der Waals surface area contributed by atoms with E-state index < -0.39 is 0 Å². The molecule has 6 aromatic rings. The second kappa shape index (κ2) is 13.3. The summed E-state index contributed by atoms with van der Waals surface area (Å²) in [6.07, 6.45) is 1.53. The predicted octanol–water partition coefficient (Wildman–Crippen LogP) is 8.54. The topological polar surface area (TPSA) is 23.5 Å². The highest BCUT2D eigenvalue weighted by atomic mass is 31.1. The van der Waals surface area contributed by atoms with E-state index in [4.69, 9.17) is 0 Å². The minimum atomic E-state index is 0.327. The third-order valence-corrected chi connectivity index (χ3v) is 8.90. The Morgan fingerprint density at radius 2 is 0.952 bits per heavy atom. The summed E-state index contributed by atoms with van der Waals surface area (Å²) in [6, 6.07) is 55.1. The van der Waals surface area contributed by atoms with E-state index in [1.807, 2.05) is 6.07 Å². The molecular weight excluding hydrogens is 529 g/mol. The molecule has 0 aliphatic rings. The molecule has 0 aromatic heterocycles. The highest BCUT2D eigenvalue weighted by molar-refractivity contribution is 7.55. The Morgan fingerprint density at radius 1 is 0.452 bits per heavy atom. The van der Waals surface area contributed by atoms with Gasteiger partial charge >= 0.3 is 0 Å². The van der Waals surface area contributed by atoms with Crippen LogP contribution in [0.1, 0.15) is 27.8 Å². The van der Waals surface area contributed by atoms with Crippen LogP contribution in [0.5, 0.6) is 5.75 Å². The monoisotopic (exact) mass is 563 g/mol. The molecule has 0 saturated carbocycles. The highest BCUT2D eigenvalue weighted by Gasteiger charge is 2.16. The van der Waals surface area contributed by atoms with E-state index in [-0.39, 0.29) is 0 Å². The van der Waals surface area contributed by atoms with Gasteiger partial charge in [0.05, 0.1) is 0 Å². The van der Waals surface area contributed by atoms with Crippen LogP contribution in [0, 0.1) is 0 Å². The second-order valence-electron chi connectivity index (χ2n) is 10.5. The molecule has 1 atom stereocenters. The van der Waals surface area contributed by atoms with Crippen molar-refractivity contribution in [2.45, 2.75) is 19.4 Å². The highest BCUT2D eigenvalue weighted by Crippen LogP contribution is 2.31. The van der Waals surface area contributed by atoms with E-state index >= 15 is 0 Å². The van der Waals surface area contributed by atoms with Gasteiger partial charge in [0.15, 0.2) is 0 Å². The molecular formula is C39H34NOP. The average Bonchev–Trinajstić information content (AvgIpc) is 3.04. The molecule has 6 aromatic carbocycles. The molecule has 3 heteroatoms. The van der Waals surface area contributed by atoms with Crippen LogP contribution in [0.3, 0.4) is 0 Å². The van der Waals surface area contributed by atoms with Gasteiger partial charge in [0.1, 0.15) is 5.75 Å². The van der Waals surface area contributed by atoms with Gasteiger partial charge in [0.2, 0.25) is 0 Å². The number of nitrogens with zero attached hydrogens (tertiary/aromatic N) is 1. The lowest BCUT2D eigenvalue weighted by Crippen LogP contribution is -2.21.